The van der Waals surface area contributed by atoms with E-state index in [1.807, 2.05) is 6.07 Å². The van der Waals surface area contributed by atoms with E-state index in [4.69, 9.17) is 21.1 Å². The summed E-state index contributed by atoms with van der Waals surface area (Å²) in [7, 11) is 0. The van der Waals surface area contributed by atoms with E-state index < -0.39 is 12.1 Å². The van der Waals surface area contributed by atoms with Gasteiger partial charge < -0.3 is 9.47 Å². The fourth-order valence-electron chi connectivity index (χ4n) is 2.60. The molecule has 0 N–H and O–H groups in total. The van der Waals surface area contributed by atoms with Crippen molar-refractivity contribution in [3.8, 4) is 23.1 Å². The number of benzene rings is 1. The van der Waals surface area contributed by atoms with E-state index in [1.165, 1.54) is 12.1 Å². The van der Waals surface area contributed by atoms with Crippen LogP contribution in [0.2, 0.25) is 5.02 Å². The second-order valence-electron chi connectivity index (χ2n) is 6.31. The average Bonchev–Trinajstić information content (AvgIpc) is 2.70. The third-order valence-corrected chi connectivity index (χ3v) is 4.41. The highest BCUT2D eigenvalue weighted by molar-refractivity contribution is 6.30. The number of hydrogen-bond donors (Lipinski definition) is 0. The van der Waals surface area contributed by atoms with Crippen molar-refractivity contribution >= 4 is 11.6 Å². The molecule has 0 radical (unpaired) electrons. The number of nitrogens with zero attached hydrogens (tertiary/aromatic N) is 1. The minimum absolute atomic E-state index is 0.0943. The van der Waals surface area contributed by atoms with E-state index in [-0.39, 0.29) is 10.9 Å². The first-order chi connectivity index (χ1) is 13.2. The van der Waals surface area contributed by atoms with Crippen molar-refractivity contribution in [2.45, 2.75) is 26.1 Å². The molecular formula is C22H21ClFNO2. The molecule has 1 aromatic carbocycles. The number of halogens is 2. The molecule has 0 amide bonds. The Kier molecular flexibility index (Phi) is 7.00. The van der Waals surface area contributed by atoms with Crippen molar-refractivity contribution < 1.29 is 13.9 Å². The van der Waals surface area contributed by atoms with Gasteiger partial charge in [-0.1, -0.05) is 49.1 Å². The van der Waals surface area contributed by atoms with Crippen molar-refractivity contribution in [2.75, 3.05) is 13.2 Å². The van der Waals surface area contributed by atoms with E-state index in [0.29, 0.717) is 24.5 Å². The molecule has 140 valence electrons. The van der Waals surface area contributed by atoms with E-state index in [9.17, 15) is 4.39 Å². The lowest BCUT2D eigenvalue weighted by Gasteiger charge is -2.24. The third-order valence-electron chi connectivity index (χ3n) is 4.10. The lowest BCUT2D eigenvalue weighted by molar-refractivity contribution is -0.160. The zero-order valence-electron chi connectivity index (χ0n) is 15.1. The summed E-state index contributed by atoms with van der Waals surface area (Å²) in [4.78, 5) is 4.33. The summed E-state index contributed by atoms with van der Waals surface area (Å²) in [5.74, 6) is 5.79. The molecule has 0 saturated carbocycles. The fraction of sp³-hybridized carbons (Fsp3) is 0.318. The Hall–Kier alpha value is -2.19. The molecule has 5 heteroatoms. The topological polar surface area (TPSA) is 31.4 Å². The van der Waals surface area contributed by atoms with Crippen LogP contribution < -0.4 is 0 Å². The average molecular weight is 386 g/mol. The van der Waals surface area contributed by atoms with Crippen LogP contribution in [0.25, 0.3) is 11.3 Å². The van der Waals surface area contributed by atoms with Crippen LogP contribution in [0.3, 0.4) is 0 Å². The van der Waals surface area contributed by atoms with Crippen LogP contribution in [-0.2, 0) is 9.47 Å². The molecule has 1 saturated heterocycles. The molecule has 27 heavy (non-hydrogen) atoms. The van der Waals surface area contributed by atoms with E-state index in [1.54, 1.807) is 18.3 Å². The number of pyridine rings is 1. The van der Waals surface area contributed by atoms with Crippen molar-refractivity contribution in [1.29, 1.82) is 0 Å². The van der Waals surface area contributed by atoms with Gasteiger partial charge in [-0.25, -0.2) is 4.39 Å². The van der Waals surface area contributed by atoms with Gasteiger partial charge in [0.05, 0.1) is 23.9 Å². The van der Waals surface area contributed by atoms with E-state index in [2.05, 4.69) is 35.9 Å². The minimum Gasteiger partial charge on any atom is -0.341 e. The summed E-state index contributed by atoms with van der Waals surface area (Å²) >= 11 is 5.71. The normalized spacial score (nSPS) is 19.7. The van der Waals surface area contributed by atoms with Crippen LogP contribution in [0.15, 0.2) is 48.7 Å². The van der Waals surface area contributed by atoms with Gasteiger partial charge in [0.25, 0.3) is 0 Å². The number of aromatic nitrogens is 1. The van der Waals surface area contributed by atoms with Crippen LogP contribution >= 0.6 is 11.6 Å². The first kappa shape index (κ1) is 19.6. The molecule has 1 aromatic heterocycles. The Morgan fingerprint density at radius 1 is 1.26 bits per heavy atom. The van der Waals surface area contributed by atoms with E-state index >= 15 is 0 Å². The Morgan fingerprint density at radius 3 is 2.74 bits per heavy atom. The predicted octanol–water partition coefficient (Wildman–Crippen LogP) is 5.24. The molecule has 0 bridgehead atoms. The highest BCUT2D eigenvalue weighted by Crippen LogP contribution is 2.22. The first-order valence-corrected chi connectivity index (χ1v) is 9.36. The first-order valence-electron chi connectivity index (χ1n) is 8.98. The highest BCUT2D eigenvalue weighted by atomic mass is 35.5. The number of allylic oxidation sites excluding steroid dienone is 1. The Balaban J connectivity index is 1.57. The Morgan fingerprint density at radius 2 is 2.07 bits per heavy atom. The van der Waals surface area contributed by atoms with Gasteiger partial charge in [-0.15, -0.1) is 0 Å². The Labute approximate surface area is 164 Å². The van der Waals surface area contributed by atoms with Gasteiger partial charge in [-0.05, 0) is 36.6 Å². The summed E-state index contributed by atoms with van der Waals surface area (Å²) in [5, 5.41) is 0.0943. The number of ether oxygens (including phenoxy) is 2. The quantitative estimate of drug-likeness (QED) is 0.533. The molecule has 0 spiro atoms. The summed E-state index contributed by atoms with van der Waals surface area (Å²) in [6, 6.07) is 8.24. The lowest BCUT2D eigenvalue weighted by atomic mass is 10.1. The van der Waals surface area contributed by atoms with Gasteiger partial charge in [-0.2, -0.15) is 0 Å². The summed E-state index contributed by atoms with van der Waals surface area (Å²) in [6.45, 7) is 3.37. The van der Waals surface area contributed by atoms with Crippen LogP contribution in [0, 0.1) is 23.6 Å². The third kappa shape index (κ3) is 5.64. The molecule has 3 nitrogen and oxygen atoms in total. The molecular weight excluding hydrogens is 365 g/mol. The van der Waals surface area contributed by atoms with Gasteiger partial charge in [0, 0.05) is 23.2 Å². The second kappa shape index (κ2) is 9.66. The SMILES string of the molecule is CCC/C=C/[C@H]1CO[C@H](C#Cc2ccc(-c3ccc(Cl)c(F)c3)nc2)OC1. The molecule has 3 rings (SSSR count). The number of unbranched alkanes of at least 4 members (excludes halogenated alkanes) is 1. The molecule has 0 atom stereocenters. The number of rotatable bonds is 4. The zero-order valence-corrected chi connectivity index (χ0v) is 15.9. The van der Waals surface area contributed by atoms with Gasteiger partial charge in [-0.3, -0.25) is 4.98 Å². The smallest absolute Gasteiger partial charge is 0.222 e. The van der Waals surface area contributed by atoms with Crippen LogP contribution in [0.4, 0.5) is 4.39 Å². The maximum Gasteiger partial charge on any atom is 0.222 e. The van der Waals surface area contributed by atoms with Crippen molar-refractivity contribution in [1.82, 2.24) is 4.98 Å². The number of hydrogen-bond acceptors (Lipinski definition) is 3. The highest BCUT2D eigenvalue weighted by Gasteiger charge is 2.18. The molecule has 2 aromatic rings. The molecule has 1 aliphatic heterocycles. The largest absolute Gasteiger partial charge is 0.341 e. The molecule has 1 aliphatic rings. The monoisotopic (exact) mass is 385 g/mol. The standard InChI is InChI=1S/C22H21ClFNO2/c1-2-3-4-5-17-14-26-22(27-15-17)11-7-16-6-10-21(25-13-16)18-8-9-19(23)20(24)12-18/h4-6,8-10,12-13,17,22H,2-3,14-15H2,1H3/b5-4+/t17-,22-. The van der Waals surface area contributed by atoms with E-state index in [0.717, 1.165) is 18.4 Å². The molecule has 2 heterocycles. The van der Waals surface area contributed by atoms with Gasteiger partial charge in [0.15, 0.2) is 0 Å². The molecule has 1 fully saturated rings. The maximum atomic E-state index is 13.6. The van der Waals surface area contributed by atoms with Crippen LogP contribution in [0.5, 0.6) is 0 Å². The summed E-state index contributed by atoms with van der Waals surface area (Å²) < 4.78 is 24.8. The van der Waals surface area contributed by atoms with Crippen molar-refractivity contribution in [2.24, 2.45) is 5.92 Å². The minimum atomic E-state index is -0.522. The van der Waals surface area contributed by atoms with Crippen molar-refractivity contribution in [3.05, 3.63) is 65.1 Å². The van der Waals surface area contributed by atoms with Gasteiger partial charge in [0.1, 0.15) is 5.82 Å². The summed E-state index contributed by atoms with van der Waals surface area (Å²) in [5.41, 5.74) is 2.06. The molecule has 0 unspecified atom stereocenters. The maximum absolute atomic E-state index is 13.6. The van der Waals surface area contributed by atoms with Gasteiger partial charge >= 0.3 is 0 Å². The summed E-state index contributed by atoms with van der Waals surface area (Å²) in [6.07, 6.45) is 7.65. The zero-order chi connectivity index (χ0) is 19.1. The van der Waals surface area contributed by atoms with Crippen LogP contribution in [0.1, 0.15) is 25.3 Å². The predicted molar refractivity (Wildman–Crippen MR) is 105 cm³/mol. The van der Waals surface area contributed by atoms with Gasteiger partial charge in [0.2, 0.25) is 6.29 Å². The van der Waals surface area contributed by atoms with Crippen molar-refractivity contribution in [3.63, 3.8) is 0 Å². The molecule has 0 aliphatic carbocycles. The lowest BCUT2D eigenvalue weighted by Crippen LogP contribution is -2.30. The Bertz CT molecular complexity index is 847. The fourth-order valence-corrected chi connectivity index (χ4v) is 2.72. The second-order valence-corrected chi connectivity index (χ2v) is 6.71. The van der Waals surface area contributed by atoms with Crippen LogP contribution in [-0.4, -0.2) is 24.5 Å².